The summed E-state index contributed by atoms with van der Waals surface area (Å²) < 4.78 is 70.0. The standard InChI is InChI=1S/C12H8F5NO2/c13-11(14,12(15,16)17)10(19,9-5-3-7-20-9)8-4-1-2-6-18-8/h1-7,19H. The molecule has 0 radical (unpaired) electrons. The first kappa shape index (κ1) is 14.4. The minimum absolute atomic E-state index is 0.828. The molecule has 0 bridgehead atoms. The lowest BCUT2D eigenvalue weighted by Crippen LogP contribution is -2.55. The molecule has 0 aliphatic rings. The van der Waals surface area contributed by atoms with Gasteiger partial charge in [-0.1, -0.05) is 6.07 Å². The molecule has 8 heteroatoms. The fraction of sp³-hybridized carbons (Fsp3) is 0.250. The van der Waals surface area contributed by atoms with Crippen molar-refractivity contribution in [3.63, 3.8) is 0 Å². The molecule has 0 aromatic carbocycles. The van der Waals surface area contributed by atoms with Gasteiger partial charge in [-0.15, -0.1) is 0 Å². The Morgan fingerprint density at radius 1 is 1.00 bits per heavy atom. The van der Waals surface area contributed by atoms with Gasteiger partial charge in [-0.25, -0.2) is 0 Å². The van der Waals surface area contributed by atoms with Gasteiger partial charge in [-0.2, -0.15) is 22.0 Å². The molecule has 1 unspecified atom stereocenters. The van der Waals surface area contributed by atoms with E-state index in [9.17, 15) is 27.1 Å². The molecule has 108 valence electrons. The Labute approximate surface area is 109 Å². The molecule has 2 heterocycles. The molecule has 2 aromatic heterocycles. The molecule has 0 saturated heterocycles. The summed E-state index contributed by atoms with van der Waals surface area (Å²) in [6.07, 6.45) is -4.10. The van der Waals surface area contributed by atoms with Crippen molar-refractivity contribution in [3.8, 4) is 0 Å². The third-order valence-electron chi connectivity index (χ3n) is 2.72. The summed E-state index contributed by atoms with van der Waals surface area (Å²) in [6.45, 7) is 0. The van der Waals surface area contributed by atoms with Crippen LogP contribution in [0.4, 0.5) is 22.0 Å². The van der Waals surface area contributed by atoms with E-state index < -0.39 is 29.2 Å². The molecule has 0 amide bonds. The lowest BCUT2D eigenvalue weighted by atomic mass is 9.88. The van der Waals surface area contributed by atoms with Gasteiger partial charge in [-0.05, 0) is 24.3 Å². The fourth-order valence-corrected chi connectivity index (χ4v) is 1.71. The SMILES string of the molecule is OC(c1ccccn1)(c1ccco1)C(F)(F)C(F)(F)F. The highest BCUT2D eigenvalue weighted by Gasteiger charge is 2.73. The van der Waals surface area contributed by atoms with Crippen molar-refractivity contribution in [2.24, 2.45) is 0 Å². The van der Waals surface area contributed by atoms with Gasteiger partial charge in [0.25, 0.3) is 0 Å². The average molecular weight is 293 g/mol. The van der Waals surface area contributed by atoms with Crippen molar-refractivity contribution in [2.45, 2.75) is 17.7 Å². The van der Waals surface area contributed by atoms with Crippen molar-refractivity contribution in [1.29, 1.82) is 0 Å². The predicted molar refractivity (Wildman–Crippen MR) is 56.9 cm³/mol. The molecule has 20 heavy (non-hydrogen) atoms. The van der Waals surface area contributed by atoms with E-state index in [2.05, 4.69) is 9.40 Å². The molecule has 0 saturated carbocycles. The van der Waals surface area contributed by atoms with Crippen LogP contribution in [-0.2, 0) is 5.60 Å². The zero-order valence-corrected chi connectivity index (χ0v) is 9.73. The van der Waals surface area contributed by atoms with Crippen LogP contribution in [0.5, 0.6) is 0 Å². The van der Waals surface area contributed by atoms with Crippen LogP contribution >= 0.6 is 0 Å². The van der Waals surface area contributed by atoms with E-state index in [1.165, 1.54) is 12.1 Å². The Kier molecular flexibility index (Phi) is 3.29. The Hall–Kier alpha value is -1.96. The molecule has 0 aliphatic carbocycles. The number of alkyl halides is 5. The zero-order chi connectivity index (χ0) is 15.0. The van der Waals surface area contributed by atoms with Gasteiger partial charge in [0.05, 0.1) is 12.0 Å². The normalized spacial score (nSPS) is 15.9. The van der Waals surface area contributed by atoms with E-state index in [-0.39, 0.29) is 0 Å². The second-order valence-electron chi connectivity index (χ2n) is 3.97. The highest BCUT2D eigenvalue weighted by Crippen LogP contribution is 2.51. The predicted octanol–water partition coefficient (Wildman–Crippen LogP) is 3.11. The molecular formula is C12H8F5NO2. The first-order valence-electron chi connectivity index (χ1n) is 5.33. The minimum atomic E-state index is -5.98. The summed E-state index contributed by atoms with van der Waals surface area (Å²) in [4.78, 5) is 3.40. The molecule has 0 spiro atoms. The quantitative estimate of drug-likeness (QED) is 0.884. The number of aromatic nitrogens is 1. The second-order valence-corrected chi connectivity index (χ2v) is 3.97. The highest BCUT2D eigenvalue weighted by molar-refractivity contribution is 5.30. The van der Waals surface area contributed by atoms with Crippen LogP contribution in [0.2, 0.25) is 0 Å². The monoisotopic (exact) mass is 293 g/mol. The van der Waals surface area contributed by atoms with Gasteiger partial charge < -0.3 is 9.52 Å². The summed E-state index contributed by atoms with van der Waals surface area (Å²) in [7, 11) is 0. The van der Waals surface area contributed by atoms with Gasteiger partial charge in [0.2, 0.25) is 5.60 Å². The number of furan rings is 1. The molecule has 1 atom stereocenters. The van der Waals surface area contributed by atoms with Crippen LogP contribution in [-0.4, -0.2) is 22.2 Å². The molecule has 0 aliphatic heterocycles. The van der Waals surface area contributed by atoms with Crippen molar-refractivity contribution < 1.29 is 31.5 Å². The third-order valence-corrected chi connectivity index (χ3v) is 2.72. The molecule has 2 aromatic rings. The number of halogens is 5. The Morgan fingerprint density at radius 3 is 2.15 bits per heavy atom. The first-order valence-corrected chi connectivity index (χ1v) is 5.33. The topological polar surface area (TPSA) is 46.3 Å². The fourth-order valence-electron chi connectivity index (χ4n) is 1.71. The summed E-state index contributed by atoms with van der Waals surface area (Å²) in [5.74, 6) is -6.43. The summed E-state index contributed by atoms with van der Waals surface area (Å²) in [5.41, 5.74) is -4.60. The maximum absolute atomic E-state index is 13.8. The van der Waals surface area contributed by atoms with E-state index in [0.717, 1.165) is 30.7 Å². The molecular weight excluding hydrogens is 285 g/mol. The number of pyridine rings is 1. The van der Waals surface area contributed by atoms with E-state index >= 15 is 0 Å². The number of nitrogens with zero attached hydrogens (tertiary/aromatic N) is 1. The Bertz CT molecular complexity index is 567. The van der Waals surface area contributed by atoms with Gasteiger partial charge >= 0.3 is 12.1 Å². The lowest BCUT2D eigenvalue weighted by molar-refractivity contribution is -0.340. The smallest absolute Gasteiger partial charge is 0.457 e. The molecule has 1 N–H and O–H groups in total. The second kappa shape index (κ2) is 4.55. The van der Waals surface area contributed by atoms with Gasteiger partial charge in [-0.3, -0.25) is 4.98 Å². The van der Waals surface area contributed by atoms with Crippen LogP contribution in [0.25, 0.3) is 0 Å². The average Bonchev–Trinajstić information content (AvgIpc) is 2.91. The third kappa shape index (κ3) is 1.96. The van der Waals surface area contributed by atoms with Crippen molar-refractivity contribution in [2.75, 3.05) is 0 Å². The maximum atomic E-state index is 13.8. The number of rotatable bonds is 3. The highest BCUT2D eigenvalue weighted by atomic mass is 19.4. The van der Waals surface area contributed by atoms with Crippen LogP contribution in [0.3, 0.4) is 0 Å². The van der Waals surface area contributed by atoms with Crippen molar-refractivity contribution in [3.05, 3.63) is 54.2 Å². The first-order chi connectivity index (χ1) is 9.21. The van der Waals surface area contributed by atoms with Gasteiger partial charge in [0.15, 0.2) is 0 Å². The van der Waals surface area contributed by atoms with Gasteiger partial charge in [0, 0.05) is 6.20 Å². The van der Waals surface area contributed by atoms with E-state index in [1.54, 1.807) is 0 Å². The van der Waals surface area contributed by atoms with Crippen LogP contribution in [0.1, 0.15) is 11.5 Å². The van der Waals surface area contributed by atoms with Gasteiger partial charge in [0.1, 0.15) is 5.76 Å². The van der Waals surface area contributed by atoms with Crippen LogP contribution in [0.15, 0.2) is 47.2 Å². The van der Waals surface area contributed by atoms with E-state index in [0.29, 0.717) is 0 Å². The van der Waals surface area contributed by atoms with Crippen LogP contribution in [0, 0.1) is 0 Å². The van der Waals surface area contributed by atoms with Crippen LogP contribution < -0.4 is 0 Å². The Balaban J connectivity index is 2.69. The Morgan fingerprint density at radius 2 is 1.70 bits per heavy atom. The summed E-state index contributed by atoms with van der Waals surface area (Å²) in [5, 5.41) is 10.1. The lowest BCUT2D eigenvalue weighted by Gasteiger charge is -2.34. The number of hydrogen-bond donors (Lipinski definition) is 1. The summed E-state index contributed by atoms with van der Waals surface area (Å²) >= 11 is 0. The summed E-state index contributed by atoms with van der Waals surface area (Å²) in [6, 6.07) is 5.28. The van der Waals surface area contributed by atoms with Crippen molar-refractivity contribution >= 4 is 0 Å². The van der Waals surface area contributed by atoms with E-state index in [1.807, 2.05) is 0 Å². The molecule has 2 rings (SSSR count). The largest absolute Gasteiger partial charge is 0.466 e. The molecule has 0 fully saturated rings. The maximum Gasteiger partial charge on any atom is 0.457 e. The minimum Gasteiger partial charge on any atom is -0.466 e. The number of hydrogen-bond acceptors (Lipinski definition) is 3. The molecule has 3 nitrogen and oxygen atoms in total. The van der Waals surface area contributed by atoms with E-state index in [4.69, 9.17) is 0 Å². The van der Waals surface area contributed by atoms with Crippen molar-refractivity contribution in [1.82, 2.24) is 4.98 Å². The number of aliphatic hydroxyl groups is 1. The zero-order valence-electron chi connectivity index (χ0n) is 9.73.